The molecule has 1 aliphatic rings. The highest BCUT2D eigenvalue weighted by atomic mass is 32.1. The molecule has 0 atom stereocenters. The van der Waals surface area contributed by atoms with Crippen LogP contribution in [-0.2, 0) is 6.54 Å². The van der Waals surface area contributed by atoms with E-state index >= 15 is 0 Å². The van der Waals surface area contributed by atoms with Crippen LogP contribution in [0.1, 0.15) is 48.0 Å². The lowest BCUT2D eigenvalue weighted by molar-refractivity contribution is 0.0955. The molecule has 1 aliphatic carbocycles. The highest BCUT2D eigenvalue weighted by Gasteiger charge is 2.12. The van der Waals surface area contributed by atoms with Gasteiger partial charge in [0.25, 0.3) is 11.5 Å². The number of nitrogens with one attached hydrogen (secondary N) is 2. The van der Waals surface area contributed by atoms with Crippen LogP contribution in [0.3, 0.4) is 0 Å². The van der Waals surface area contributed by atoms with Gasteiger partial charge in [-0.1, -0.05) is 11.6 Å². The molecule has 9 heteroatoms. The molecule has 2 heterocycles. The van der Waals surface area contributed by atoms with Crippen molar-refractivity contribution in [2.45, 2.75) is 38.6 Å². The van der Waals surface area contributed by atoms with Crippen molar-refractivity contribution < 1.29 is 9.90 Å². The Morgan fingerprint density at radius 2 is 2.18 bits per heavy atom. The van der Waals surface area contributed by atoms with E-state index in [2.05, 4.69) is 26.6 Å². The molecule has 0 bridgehead atoms. The van der Waals surface area contributed by atoms with Gasteiger partial charge in [-0.25, -0.2) is 5.43 Å². The van der Waals surface area contributed by atoms with E-state index in [-0.39, 0.29) is 16.2 Å². The maximum atomic E-state index is 12.1. The lowest BCUT2D eigenvalue weighted by Gasteiger charge is -2.15. The Balaban J connectivity index is 1.75. The number of carbonyl (C=O) groups excluding carboxylic acids is 1. The van der Waals surface area contributed by atoms with Crippen LogP contribution in [0.4, 0.5) is 0 Å². The van der Waals surface area contributed by atoms with Gasteiger partial charge in [-0.3, -0.25) is 24.1 Å². The molecule has 0 saturated heterocycles. The van der Waals surface area contributed by atoms with Crippen LogP contribution in [0.2, 0.25) is 0 Å². The van der Waals surface area contributed by atoms with Crippen molar-refractivity contribution in [3.8, 4) is 5.88 Å². The van der Waals surface area contributed by atoms with Crippen LogP contribution < -0.4 is 11.0 Å². The van der Waals surface area contributed by atoms with Crippen LogP contribution in [0.5, 0.6) is 5.88 Å². The first kappa shape index (κ1) is 19.7. The van der Waals surface area contributed by atoms with Gasteiger partial charge in [0.15, 0.2) is 4.77 Å². The molecule has 1 amide bonds. The number of H-pyrrole nitrogens is 1. The summed E-state index contributed by atoms with van der Waals surface area (Å²) < 4.78 is 1.62. The number of hydrazone groups is 1. The van der Waals surface area contributed by atoms with Crippen molar-refractivity contribution in [1.82, 2.24) is 20.0 Å². The van der Waals surface area contributed by atoms with Crippen LogP contribution in [0.25, 0.3) is 0 Å². The van der Waals surface area contributed by atoms with E-state index in [0.717, 1.165) is 25.5 Å². The van der Waals surface area contributed by atoms with E-state index in [0.29, 0.717) is 12.1 Å². The highest BCUT2D eigenvalue weighted by molar-refractivity contribution is 7.71. The molecule has 0 aromatic carbocycles. The summed E-state index contributed by atoms with van der Waals surface area (Å²) in [7, 11) is 0. The predicted molar refractivity (Wildman–Crippen MR) is 108 cm³/mol. The SMILES string of the molecule is O=C(N/N=C\c1c(O)n(CCC2=CCCCC2)c(=S)[nH]c1=O)c1ccncc1. The minimum atomic E-state index is -0.572. The Kier molecular flexibility index (Phi) is 6.49. The average Bonchev–Trinajstić information content (AvgIpc) is 2.71. The second-order valence-electron chi connectivity index (χ2n) is 6.44. The van der Waals surface area contributed by atoms with Gasteiger partial charge < -0.3 is 5.11 Å². The Morgan fingerprint density at radius 1 is 1.39 bits per heavy atom. The van der Waals surface area contributed by atoms with E-state index in [1.165, 1.54) is 47.5 Å². The summed E-state index contributed by atoms with van der Waals surface area (Å²) in [4.78, 5) is 30.5. The number of carbonyl (C=O) groups is 1. The van der Waals surface area contributed by atoms with E-state index in [4.69, 9.17) is 12.2 Å². The topological polar surface area (TPSA) is 112 Å². The Bertz CT molecular complexity index is 1020. The molecule has 2 aromatic rings. The number of amides is 1. The first-order valence-electron chi connectivity index (χ1n) is 9.03. The van der Waals surface area contributed by atoms with E-state index < -0.39 is 11.5 Å². The molecule has 146 valence electrons. The fraction of sp³-hybridized carbons (Fsp3) is 0.316. The smallest absolute Gasteiger partial charge is 0.271 e. The minimum Gasteiger partial charge on any atom is -0.494 e. The predicted octanol–water partition coefficient (Wildman–Crippen LogP) is 2.66. The van der Waals surface area contributed by atoms with E-state index in [9.17, 15) is 14.7 Å². The number of aromatic nitrogens is 3. The third-order valence-corrected chi connectivity index (χ3v) is 4.87. The molecule has 2 aromatic heterocycles. The number of pyridine rings is 1. The Hall–Kier alpha value is -3.07. The van der Waals surface area contributed by atoms with Gasteiger partial charge in [0.2, 0.25) is 5.88 Å². The van der Waals surface area contributed by atoms with Crippen LogP contribution >= 0.6 is 12.2 Å². The highest BCUT2D eigenvalue weighted by Crippen LogP contribution is 2.22. The van der Waals surface area contributed by atoms with Crippen LogP contribution in [0, 0.1) is 4.77 Å². The minimum absolute atomic E-state index is 0.0683. The molecule has 28 heavy (non-hydrogen) atoms. The third kappa shape index (κ3) is 4.80. The molecule has 0 aliphatic heterocycles. The summed E-state index contributed by atoms with van der Waals surface area (Å²) in [6.07, 6.45) is 11.6. The van der Waals surface area contributed by atoms with Crippen molar-refractivity contribution in [3.05, 3.63) is 62.4 Å². The molecular weight excluding hydrogens is 378 g/mol. The lowest BCUT2D eigenvalue weighted by Crippen LogP contribution is -2.21. The van der Waals surface area contributed by atoms with Gasteiger partial charge in [0, 0.05) is 24.5 Å². The lowest BCUT2D eigenvalue weighted by atomic mass is 9.97. The van der Waals surface area contributed by atoms with Gasteiger partial charge in [0.05, 0.1) is 6.21 Å². The van der Waals surface area contributed by atoms with Crippen molar-refractivity contribution in [3.63, 3.8) is 0 Å². The summed E-state index contributed by atoms with van der Waals surface area (Å²) in [6, 6.07) is 3.07. The average molecular weight is 399 g/mol. The fourth-order valence-corrected chi connectivity index (χ4v) is 3.28. The van der Waals surface area contributed by atoms with Crippen molar-refractivity contribution in [1.29, 1.82) is 0 Å². The van der Waals surface area contributed by atoms with Gasteiger partial charge in [-0.2, -0.15) is 5.10 Å². The zero-order valence-electron chi connectivity index (χ0n) is 15.2. The normalized spacial score (nSPS) is 14.1. The van der Waals surface area contributed by atoms with Gasteiger partial charge in [0.1, 0.15) is 5.56 Å². The molecule has 0 fully saturated rings. The summed E-state index contributed by atoms with van der Waals surface area (Å²) >= 11 is 5.18. The molecule has 8 nitrogen and oxygen atoms in total. The molecule has 0 unspecified atom stereocenters. The molecule has 3 rings (SSSR count). The number of aromatic amines is 1. The number of hydrogen-bond acceptors (Lipinski definition) is 6. The molecule has 0 spiro atoms. The fourth-order valence-electron chi connectivity index (χ4n) is 3.01. The number of allylic oxidation sites excluding steroid dienone is 2. The monoisotopic (exact) mass is 399 g/mol. The second-order valence-corrected chi connectivity index (χ2v) is 6.83. The van der Waals surface area contributed by atoms with E-state index in [1.54, 1.807) is 0 Å². The zero-order chi connectivity index (χ0) is 19.9. The summed E-state index contributed by atoms with van der Waals surface area (Å²) in [5.74, 6) is -0.723. The maximum absolute atomic E-state index is 12.1. The maximum Gasteiger partial charge on any atom is 0.271 e. The van der Waals surface area contributed by atoms with Crippen molar-refractivity contribution in [2.75, 3.05) is 0 Å². The first-order chi connectivity index (χ1) is 13.6. The summed E-state index contributed by atoms with van der Waals surface area (Å²) in [6.45, 7) is 0.456. The van der Waals surface area contributed by atoms with Crippen molar-refractivity contribution >= 4 is 24.3 Å². The number of hydrogen-bond donors (Lipinski definition) is 3. The summed E-state index contributed by atoms with van der Waals surface area (Å²) in [5, 5.41) is 14.3. The second kappa shape index (κ2) is 9.23. The third-order valence-electron chi connectivity index (χ3n) is 4.55. The standard InChI is InChI=1S/C19H21N5O3S/c25-16(14-6-9-20-10-7-14)23-21-12-15-17(26)22-19(28)24(18(15)27)11-8-13-4-2-1-3-5-13/h4,6-7,9-10,12,27H,1-3,5,8,11H2,(H,23,25)(H,22,26,28)/b21-12-. The first-order valence-corrected chi connectivity index (χ1v) is 9.44. The molecule has 0 saturated carbocycles. The quantitative estimate of drug-likeness (QED) is 0.299. The molecule has 0 radical (unpaired) electrons. The molecule has 3 N–H and O–H groups in total. The zero-order valence-corrected chi connectivity index (χ0v) is 16.0. The summed E-state index contributed by atoms with van der Waals surface area (Å²) in [5.41, 5.74) is 3.38. The number of nitrogens with zero attached hydrogens (tertiary/aromatic N) is 3. The van der Waals surface area contributed by atoms with E-state index in [1.807, 2.05) is 0 Å². The van der Waals surface area contributed by atoms with Gasteiger partial charge in [-0.05, 0) is 56.5 Å². The Labute approximate surface area is 166 Å². The van der Waals surface area contributed by atoms with Crippen molar-refractivity contribution in [2.24, 2.45) is 5.10 Å². The van der Waals surface area contributed by atoms with Crippen LogP contribution in [0.15, 0.2) is 46.1 Å². The number of aromatic hydroxyl groups is 1. The Morgan fingerprint density at radius 3 is 2.89 bits per heavy atom. The number of rotatable bonds is 6. The largest absolute Gasteiger partial charge is 0.494 e. The molecular formula is C19H21N5O3S. The van der Waals surface area contributed by atoms with Gasteiger partial charge >= 0.3 is 0 Å². The van der Waals surface area contributed by atoms with Crippen LogP contribution in [-0.4, -0.2) is 31.8 Å². The van der Waals surface area contributed by atoms with Gasteiger partial charge in [-0.15, -0.1) is 0 Å².